The number of carboxylic acids is 1. The van der Waals surface area contributed by atoms with Gasteiger partial charge in [0.25, 0.3) is 0 Å². The molecule has 1 aromatic rings. The van der Waals surface area contributed by atoms with Crippen molar-refractivity contribution in [1.82, 2.24) is 4.90 Å². The Hall–Kier alpha value is -2.10. The molecule has 0 heterocycles. The maximum atomic E-state index is 12.1. The summed E-state index contributed by atoms with van der Waals surface area (Å²) < 4.78 is 0. The van der Waals surface area contributed by atoms with E-state index in [4.69, 9.17) is 5.11 Å². The molecule has 0 spiro atoms. The number of carboxylic acid groups (broad SMARTS) is 1. The van der Waals surface area contributed by atoms with Crippen LogP contribution < -0.4 is 0 Å². The summed E-state index contributed by atoms with van der Waals surface area (Å²) in [4.78, 5) is 24.4. The van der Waals surface area contributed by atoms with Crippen LogP contribution in [0.25, 0.3) is 0 Å². The molecule has 0 aliphatic heterocycles. The van der Waals surface area contributed by atoms with Gasteiger partial charge in [0.05, 0.1) is 0 Å². The van der Waals surface area contributed by atoms with Crippen LogP contribution >= 0.6 is 0 Å². The predicted octanol–water partition coefficient (Wildman–Crippen LogP) is 2.85. The largest absolute Gasteiger partial charge is 0.481 e. The van der Waals surface area contributed by atoms with Crippen LogP contribution in [0.2, 0.25) is 0 Å². The van der Waals surface area contributed by atoms with Crippen molar-refractivity contribution in [3.05, 3.63) is 48.6 Å². The molecule has 0 saturated heterocycles. The van der Waals surface area contributed by atoms with Gasteiger partial charge in [0.15, 0.2) is 0 Å². The lowest BCUT2D eigenvalue weighted by molar-refractivity contribution is -0.138. The van der Waals surface area contributed by atoms with E-state index in [0.717, 1.165) is 5.56 Å². The van der Waals surface area contributed by atoms with Crippen LogP contribution in [0.4, 0.5) is 0 Å². The van der Waals surface area contributed by atoms with Crippen LogP contribution in [0, 0.1) is 0 Å². The van der Waals surface area contributed by atoms with Gasteiger partial charge in [-0.1, -0.05) is 36.4 Å². The van der Waals surface area contributed by atoms with Crippen LogP contribution in [-0.4, -0.2) is 28.4 Å². The van der Waals surface area contributed by atoms with E-state index < -0.39 is 5.97 Å². The highest BCUT2D eigenvalue weighted by Gasteiger charge is 2.13. The van der Waals surface area contributed by atoms with Gasteiger partial charge in [0.1, 0.15) is 0 Å². The minimum atomic E-state index is -0.830. The summed E-state index contributed by atoms with van der Waals surface area (Å²) in [6.45, 7) is 4.61. The number of hydrogen-bond donors (Lipinski definition) is 1. The Kier molecular flexibility index (Phi) is 7.11. The molecular formula is C16H21NO3. The van der Waals surface area contributed by atoms with E-state index in [9.17, 15) is 9.59 Å². The number of nitrogens with zero attached hydrogens (tertiary/aromatic N) is 1. The standard InChI is InChI=1S/C16H21NO3/c1-2-3-10-15(18)17(12-7-11-16(19)20)13-14-8-5-4-6-9-14/h2,4-6,8-9H,1,3,7,10-13H2,(H,19,20). The molecule has 0 aliphatic carbocycles. The van der Waals surface area contributed by atoms with Gasteiger partial charge in [0, 0.05) is 25.9 Å². The second kappa shape index (κ2) is 8.91. The monoisotopic (exact) mass is 275 g/mol. The molecule has 0 fully saturated rings. The summed E-state index contributed by atoms with van der Waals surface area (Å²) in [6.07, 6.45) is 3.34. The number of carbonyl (C=O) groups is 2. The van der Waals surface area contributed by atoms with Gasteiger partial charge in [-0.15, -0.1) is 6.58 Å². The third-order valence-corrected chi connectivity index (χ3v) is 2.95. The van der Waals surface area contributed by atoms with Crippen molar-refractivity contribution in [2.45, 2.75) is 32.2 Å². The average Bonchev–Trinajstić information content (AvgIpc) is 2.44. The van der Waals surface area contributed by atoms with E-state index in [2.05, 4.69) is 6.58 Å². The second-order valence-corrected chi connectivity index (χ2v) is 4.63. The Morgan fingerprint density at radius 1 is 1.20 bits per heavy atom. The summed E-state index contributed by atoms with van der Waals surface area (Å²) in [5.41, 5.74) is 1.05. The van der Waals surface area contributed by atoms with E-state index in [1.54, 1.807) is 11.0 Å². The highest BCUT2D eigenvalue weighted by atomic mass is 16.4. The van der Waals surface area contributed by atoms with Gasteiger partial charge in [-0.05, 0) is 18.4 Å². The van der Waals surface area contributed by atoms with E-state index >= 15 is 0 Å². The molecule has 20 heavy (non-hydrogen) atoms. The lowest BCUT2D eigenvalue weighted by atomic mass is 10.2. The van der Waals surface area contributed by atoms with Gasteiger partial charge >= 0.3 is 5.97 Å². The molecule has 1 aromatic carbocycles. The van der Waals surface area contributed by atoms with Gasteiger partial charge < -0.3 is 10.0 Å². The average molecular weight is 275 g/mol. The molecule has 1 N–H and O–H groups in total. The molecule has 108 valence electrons. The smallest absolute Gasteiger partial charge is 0.303 e. The second-order valence-electron chi connectivity index (χ2n) is 4.63. The van der Waals surface area contributed by atoms with Gasteiger partial charge in [0.2, 0.25) is 5.91 Å². The number of allylic oxidation sites excluding steroid dienone is 1. The lowest BCUT2D eigenvalue weighted by Crippen LogP contribution is -2.31. The molecule has 0 unspecified atom stereocenters. The third-order valence-electron chi connectivity index (χ3n) is 2.95. The van der Waals surface area contributed by atoms with Crippen LogP contribution in [0.3, 0.4) is 0 Å². The normalized spacial score (nSPS) is 10.0. The molecular weight excluding hydrogens is 254 g/mol. The highest BCUT2D eigenvalue weighted by Crippen LogP contribution is 2.09. The Morgan fingerprint density at radius 3 is 2.50 bits per heavy atom. The number of hydrogen-bond acceptors (Lipinski definition) is 2. The molecule has 1 amide bonds. The summed E-state index contributed by atoms with van der Waals surface area (Å²) in [5, 5.41) is 8.68. The Morgan fingerprint density at radius 2 is 1.90 bits per heavy atom. The van der Waals surface area contributed by atoms with Crippen LogP contribution in [0.1, 0.15) is 31.2 Å². The van der Waals surface area contributed by atoms with Crippen molar-refractivity contribution in [3.8, 4) is 0 Å². The van der Waals surface area contributed by atoms with E-state index in [0.29, 0.717) is 32.4 Å². The van der Waals surface area contributed by atoms with E-state index in [1.807, 2.05) is 30.3 Å². The maximum absolute atomic E-state index is 12.1. The van der Waals surface area contributed by atoms with Crippen molar-refractivity contribution < 1.29 is 14.7 Å². The Bertz CT molecular complexity index is 442. The fraction of sp³-hybridized carbons (Fsp3) is 0.375. The van der Waals surface area contributed by atoms with Crippen LogP contribution in [-0.2, 0) is 16.1 Å². The summed E-state index contributed by atoms with van der Waals surface area (Å²) in [5.74, 6) is -0.789. The zero-order chi connectivity index (χ0) is 14.8. The maximum Gasteiger partial charge on any atom is 0.303 e. The van der Waals surface area contributed by atoms with Crippen molar-refractivity contribution >= 4 is 11.9 Å². The molecule has 0 bridgehead atoms. The first-order valence-corrected chi connectivity index (χ1v) is 6.78. The minimum absolute atomic E-state index is 0.0409. The number of amides is 1. The summed E-state index contributed by atoms with van der Waals surface area (Å²) in [6, 6.07) is 9.71. The third kappa shape index (κ3) is 6.18. The zero-order valence-corrected chi connectivity index (χ0v) is 11.6. The summed E-state index contributed by atoms with van der Waals surface area (Å²) in [7, 11) is 0. The zero-order valence-electron chi connectivity index (χ0n) is 11.6. The van der Waals surface area contributed by atoms with E-state index in [-0.39, 0.29) is 12.3 Å². The number of aliphatic carboxylic acids is 1. The minimum Gasteiger partial charge on any atom is -0.481 e. The van der Waals surface area contributed by atoms with Gasteiger partial charge in [-0.2, -0.15) is 0 Å². The van der Waals surface area contributed by atoms with Crippen molar-refractivity contribution in [2.24, 2.45) is 0 Å². The molecule has 0 aromatic heterocycles. The molecule has 4 nitrogen and oxygen atoms in total. The van der Waals surface area contributed by atoms with Crippen LogP contribution in [0.5, 0.6) is 0 Å². The number of carbonyl (C=O) groups excluding carboxylic acids is 1. The topological polar surface area (TPSA) is 57.6 Å². The molecule has 4 heteroatoms. The first kappa shape index (κ1) is 16.0. The molecule has 0 atom stereocenters. The first-order valence-electron chi connectivity index (χ1n) is 6.78. The SMILES string of the molecule is C=CCCC(=O)N(CCCC(=O)O)Cc1ccccc1. The quantitative estimate of drug-likeness (QED) is 0.705. The fourth-order valence-electron chi connectivity index (χ4n) is 1.90. The molecule has 1 rings (SSSR count). The van der Waals surface area contributed by atoms with Gasteiger partial charge in [-0.3, -0.25) is 9.59 Å². The van der Waals surface area contributed by atoms with Gasteiger partial charge in [-0.25, -0.2) is 0 Å². The predicted molar refractivity (Wildman–Crippen MR) is 78.2 cm³/mol. The van der Waals surface area contributed by atoms with E-state index in [1.165, 1.54) is 0 Å². The fourth-order valence-corrected chi connectivity index (χ4v) is 1.90. The molecule has 0 aliphatic rings. The van der Waals surface area contributed by atoms with Crippen molar-refractivity contribution in [3.63, 3.8) is 0 Å². The number of rotatable bonds is 9. The number of benzene rings is 1. The lowest BCUT2D eigenvalue weighted by Gasteiger charge is -2.22. The van der Waals surface area contributed by atoms with Crippen LogP contribution in [0.15, 0.2) is 43.0 Å². The Labute approximate surface area is 119 Å². The van der Waals surface area contributed by atoms with Crippen molar-refractivity contribution in [2.75, 3.05) is 6.54 Å². The summed E-state index contributed by atoms with van der Waals surface area (Å²) >= 11 is 0. The molecule has 0 saturated carbocycles. The highest BCUT2D eigenvalue weighted by molar-refractivity contribution is 5.76. The Balaban J connectivity index is 2.60. The first-order chi connectivity index (χ1) is 9.63. The van der Waals surface area contributed by atoms with Crippen molar-refractivity contribution in [1.29, 1.82) is 0 Å². The molecule has 0 radical (unpaired) electrons.